The first-order valence-electron chi connectivity index (χ1n) is 8.78. The summed E-state index contributed by atoms with van der Waals surface area (Å²) in [7, 11) is 0. The summed E-state index contributed by atoms with van der Waals surface area (Å²) in [5, 5.41) is -0.148. The van der Waals surface area contributed by atoms with Crippen LogP contribution >= 0.6 is 11.8 Å². The van der Waals surface area contributed by atoms with Crippen molar-refractivity contribution in [3.63, 3.8) is 0 Å². The zero-order valence-electron chi connectivity index (χ0n) is 14.7. The Kier molecular flexibility index (Phi) is 4.59. The van der Waals surface area contributed by atoms with Gasteiger partial charge in [-0.05, 0) is 25.5 Å². The van der Waals surface area contributed by atoms with Crippen LogP contribution in [0.15, 0.2) is 22.0 Å². The summed E-state index contributed by atoms with van der Waals surface area (Å²) in [6.45, 7) is 2.20. The van der Waals surface area contributed by atoms with Crippen LogP contribution < -0.4 is 16.1 Å². The van der Waals surface area contributed by atoms with E-state index in [9.17, 15) is 18.4 Å². The molecule has 6 nitrogen and oxygen atoms in total. The lowest BCUT2D eigenvalue weighted by atomic mass is 10.1. The average molecular weight is 395 g/mol. The van der Waals surface area contributed by atoms with Crippen molar-refractivity contribution >= 4 is 34.3 Å². The van der Waals surface area contributed by atoms with E-state index in [-0.39, 0.29) is 23.6 Å². The Hall–Kier alpha value is -2.13. The molecule has 2 aromatic rings. The van der Waals surface area contributed by atoms with Gasteiger partial charge in [0.25, 0.3) is 0 Å². The van der Waals surface area contributed by atoms with E-state index in [2.05, 4.69) is 0 Å². The van der Waals surface area contributed by atoms with Crippen molar-refractivity contribution in [3.05, 3.63) is 33.7 Å². The largest absolute Gasteiger partial charge is 0.462 e. The van der Waals surface area contributed by atoms with Crippen molar-refractivity contribution in [2.75, 3.05) is 31.3 Å². The van der Waals surface area contributed by atoms with Crippen molar-refractivity contribution < 1.29 is 18.3 Å². The molecular weight excluding hydrogens is 376 g/mol. The smallest absolute Gasteiger partial charge is 0.344 e. The van der Waals surface area contributed by atoms with Crippen LogP contribution in [0.3, 0.4) is 0 Å². The van der Waals surface area contributed by atoms with Crippen LogP contribution in [0.4, 0.5) is 14.5 Å². The zero-order chi connectivity index (χ0) is 19.3. The molecule has 0 radical (unpaired) electrons. The molecule has 0 aliphatic carbocycles. The minimum atomic E-state index is -0.770. The zero-order valence-corrected chi connectivity index (χ0v) is 15.5. The molecule has 0 spiro atoms. The predicted molar refractivity (Wildman–Crippen MR) is 99.8 cm³/mol. The number of pyridine rings is 1. The fourth-order valence-corrected chi connectivity index (χ4v) is 4.78. The van der Waals surface area contributed by atoms with E-state index in [0.717, 1.165) is 24.2 Å². The number of hydrogen-bond donors (Lipinski definition) is 1. The highest BCUT2D eigenvalue weighted by Crippen LogP contribution is 2.47. The highest BCUT2D eigenvalue weighted by molar-refractivity contribution is 8.00. The molecule has 144 valence electrons. The van der Waals surface area contributed by atoms with Gasteiger partial charge in [-0.15, -0.1) is 0 Å². The third-order valence-electron chi connectivity index (χ3n) is 4.94. The quantitative estimate of drug-likeness (QED) is 0.802. The lowest BCUT2D eigenvalue weighted by Crippen LogP contribution is -2.31. The molecule has 0 saturated carbocycles. The number of esters is 1. The number of benzene rings is 1. The van der Waals surface area contributed by atoms with Gasteiger partial charge in [-0.3, -0.25) is 4.79 Å². The minimum absolute atomic E-state index is 0.0360. The Morgan fingerprint density at radius 3 is 2.85 bits per heavy atom. The van der Waals surface area contributed by atoms with Crippen LogP contribution in [-0.4, -0.2) is 42.9 Å². The van der Waals surface area contributed by atoms with Gasteiger partial charge >= 0.3 is 5.97 Å². The van der Waals surface area contributed by atoms with E-state index in [4.69, 9.17) is 10.5 Å². The van der Waals surface area contributed by atoms with Gasteiger partial charge in [0, 0.05) is 24.5 Å². The number of ether oxygens (including phenoxy) is 1. The number of carbonyl (C=O) groups excluding carboxylic acids is 1. The fraction of sp³-hybridized carbons (Fsp3) is 0.444. The predicted octanol–water partition coefficient (Wildman–Crippen LogP) is 2.43. The number of rotatable bonds is 4. The molecule has 3 heterocycles. The first kappa shape index (κ1) is 18.2. The standard InChI is InChI=1S/C18H19F2N3O3S/c1-2-26-18(25)15-16(24)10-5-11(20)13(22-4-3-9(21)8-22)6-12(10)23-14(7-19)27-17(15)23/h5-6,9,14H,2-4,7-8,21H2,1H3/t9-,14?/m0/s1. The third-order valence-corrected chi connectivity index (χ3v) is 6.17. The molecule has 4 rings (SSSR count). The average Bonchev–Trinajstić information content (AvgIpc) is 3.04. The Morgan fingerprint density at radius 1 is 1.44 bits per heavy atom. The second-order valence-corrected chi connectivity index (χ2v) is 7.81. The number of halogens is 2. The van der Waals surface area contributed by atoms with Crippen LogP contribution in [-0.2, 0) is 4.74 Å². The van der Waals surface area contributed by atoms with Crippen LogP contribution in [0.5, 0.6) is 0 Å². The van der Waals surface area contributed by atoms with Crippen molar-refractivity contribution in [1.82, 2.24) is 4.57 Å². The van der Waals surface area contributed by atoms with E-state index in [0.29, 0.717) is 29.3 Å². The van der Waals surface area contributed by atoms with Crippen molar-refractivity contribution in [3.8, 4) is 0 Å². The number of nitrogens with two attached hydrogens (primary N) is 1. The Bertz CT molecular complexity index is 994. The number of aromatic nitrogens is 1. The van der Waals surface area contributed by atoms with Crippen LogP contribution in [0.1, 0.15) is 29.1 Å². The Balaban J connectivity index is 1.94. The Morgan fingerprint density at radius 2 is 2.22 bits per heavy atom. The number of carbonyl (C=O) groups is 1. The molecule has 1 unspecified atom stereocenters. The topological polar surface area (TPSA) is 77.6 Å². The number of thioether (sulfide) groups is 1. The number of anilines is 1. The van der Waals surface area contributed by atoms with Crippen molar-refractivity contribution in [2.24, 2.45) is 5.73 Å². The lowest BCUT2D eigenvalue weighted by Gasteiger charge is -2.34. The summed E-state index contributed by atoms with van der Waals surface area (Å²) < 4.78 is 34.7. The fourth-order valence-electron chi connectivity index (χ4n) is 3.66. The normalized spacial score (nSPS) is 21.3. The summed E-state index contributed by atoms with van der Waals surface area (Å²) in [6.07, 6.45) is 0.750. The maximum absolute atomic E-state index is 14.8. The van der Waals surface area contributed by atoms with E-state index in [1.165, 1.54) is 0 Å². The van der Waals surface area contributed by atoms with Gasteiger partial charge in [0.15, 0.2) is 0 Å². The molecule has 2 aliphatic rings. The molecule has 2 N–H and O–H groups in total. The van der Waals surface area contributed by atoms with E-state index >= 15 is 0 Å². The van der Waals surface area contributed by atoms with Crippen molar-refractivity contribution in [2.45, 2.75) is 29.8 Å². The molecule has 2 aliphatic heterocycles. The monoisotopic (exact) mass is 395 g/mol. The van der Waals surface area contributed by atoms with Crippen molar-refractivity contribution in [1.29, 1.82) is 0 Å². The van der Waals surface area contributed by atoms with Gasteiger partial charge in [0.1, 0.15) is 23.4 Å². The first-order chi connectivity index (χ1) is 13.0. The van der Waals surface area contributed by atoms with E-state index < -0.39 is 29.3 Å². The summed E-state index contributed by atoms with van der Waals surface area (Å²) in [6, 6.07) is 2.65. The maximum Gasteiger partial charge on any atom is 0.344 e. The molecule has 9 heteroatoms. The summed E-state index contributed by atoms with van der Waals surface area (Å²) in [5.74, 6) is -1.33. The lowest BCUT2D eigenvalue weighted by molar-refractivity contribution is 0.0518. The Labute approximate surface area is 158 Å². The van der Waals surface area contributed by atoms with Gasteiger partial charge in [-0.25, -0.2) is 13.6 Å². The maximum atomic E-state index is 14.8. The number of hydrogen-bond acceptors (Lipinski definition) is 6. The molecule has 1 aromatic heterocycles. The molecule has 0 amide bonds. The van der Waals surface area contributed by atoms with Gasteiger partial charge in [-0.2, -0.15) is 0 Å². The summed E-state index contributed by atoms with van der Waals surface area (Å²) >= 11 is 1.11. The molecule has 1 fully saturated rings. The first-order valence-corrected chi connectivity index (χ1v) is 9.66. The van der Waals surface area contributed by atoms with E-state index in [1.807, 2.05) is 4.90 Å². The number of fused-ring (bicyclic) bond motifs is 3. The molecule has 27 heavy (non-hydrogen) atoms. The minimum Gasteiger partial charge on any atom is -0.462 e. The summed E-state index contributed by atoms with van der Waals surface area (Å²) in [5.41, 5.74) is 5.92. The SMILES string of the molecule is CCOC(=O)c1c2n(c3cc(N4CC[C@H](N)C4)c(F)cc3c1=O)C(CF)S2. The molecular formula is C18H19F2N3O3S. The van der Waals surface area contributed by atoms with Crippen LogP contribution in [0.2, 0.25) is 0 Å². The molecule has 1 aromatic carbocycles. The van der Waals surface area contributed by atoms with Crippen LogP contribution in [0.25, 0.3) is 10.9 Å². The summed E-state index contributed by atoms with van der Waals surface area (Å²) in [4.78, 5) is 26.9. The highest BCUT2D eigenvalue weighted by atomic mass is 32.2. The van der Waals surface area contributed by atoms with Gasteiger partial charge in [0.05, 0.1) is 22.8 Å². The number of alkyl halides is 1. The van der Waals surface area contributed by atoms with Gasteiger partial charge < -0.3 is 19.9 Å². The highest BCUT2D eigenvalue weighted by Gasteiger charge is 2.36. The molecule has 1 saturated heterocycles. The van der Waals surface area contributed by atoms with Gasteiger partial charge in [0.2, 0.25) is 5.43 Å². The van der Waals surface area contributed by atoms with Gasteiger partial charge in [-0.1, -0.05) is 11.8 Å². The molecule has 2 atom stereocenters. The molecule has 0 bridgehead atoms. The second-order valence-electron chi connectivity index (χ2n) is 6.64. The van der Waals surface area contributed by atoms with Crippen LogP contribution in [0, 0.1) is 5.82 Å². The number of nitrogens with zero attached hydrogens (tertiary/aromatic N) is 2. The third kappa shape index (κ3) is 2.80. The van der Waals surface area contributed by atoms with E-state index in [1.54, 1.807) is 17.6 Å². The second kappa shape index (κ2) is 6.79.